The third kappa shape index (κ3) is 3.85. The van der Waals surface area contributed by atoms with E-state index in [2.05, 4.69) is 0 Å². The monoisotopic (exact) mass is 518 g/mol. The van der Waals surface area contributed by atoms with Crippen molar-refractivity contribution in [3.8, 4) is 45.6 Å². The van der Waals surface area contributed by atoms with E-state index < -0.39 is 11.5 Å². The quantitative estimate of drug-likeness (QED) is 0.134. The van der Waals surface area contributed by atoms with Gasteiger partial charge in [0.1, 0.15) is 11.5 Å². The average molecular weight is 519 g/mol. The van der Waals surface area contributed by atoms with Gasteiger partial charge in [-0.1, -0.05) is 39.8 Å². The van der Waals surface area contributed by atoms with Crippen LogP contribution in [0.5, 0.6) is 34.5 Å². The normalized spacial score (nSPS) is 11.7. The van der Waals surface area contributed by atoms with Crippen LogP contribution in [-0.2, 0) is 0 Å². The molecule has 0 aliphatic carbocycles. The third-order valence-corrected chi connectivity index (χ3v) is 7.19. The van der Waals surface area contributed by atoms with Crippen LogP contribution in [0, 0.1) is 13.8 Å². The summed E-state index contributed by atoms with van der Waals surface area (Å²) in [5, 5.41) is 56.9. The van der Waals surface area contributed by atoms with Crippen LogP contribution in [0.2, 0.25) is 0 Å². The molecule has 7 nitrogen and oxygen atoms in total. The third-order valence-electron chi connectivity index (χ3n) is 7.19. The molecule has 4 rings (SSSR count). The van der Waals surface area contributed by atoms with Crippen molar-refractivity contribution in [3.05, 3.63) is 46.0 Å². The molecular formula is C31H34O7. The first-order valence-corrected chi connectivity index (χ1v) is 12.7. The summed E-state index contributed by atoms with van der Waals surface area (Å²) < 4.78 is 5.75. The van der Waals surface area contributed by atoms with Crippen molar-refractivity contribution >= 4 is 27.8 Å². The summed E-state index contributed by atoms with van der Waals surface area (Å²) in [7, 11) is 0. The second kappa shape index (κ2) is 9.63. The number of aldehydes is 1. The Morgan fingerprint density at radius 3 is 1.82 bits per heavy atom. The van der Waals surface area contributed by atoms with Gasteiger partial charge in [0.2, 0.25) is 0 Å². The number of rotatable bonds is 6. The number of aromatic hydroxyl groups is 5. The fourth-order valence-electron chi connectivity index (χ4n) is 5.63. The van der Waals surface area contributed by atoms with Crippen LogP contribution >= 0.6 is 0 Å². The maximum atomic E-state index is 12.0. The van der Waals surface area contributed by atoms with Crippen molar-refractivity contribution < 1.29 is 35.1 Å². The topological polar surface area (TPSA) is 127 Å². The Morgan fingerprint density at radius 1 is 0.737 bits per heavy atom. The lowest BCUT2D eigenvalue weighted by molar-refractivity contribution is 0.112. The maximum absolute atomic E-state index is 12.0. The van der Waals surface area contributed by atoms with Crippen LogP contribution in [-0.4, -0.2) is 38.4 Å². The molecule has 0 heterocycles. The van der Waals surface area contributed by atoms with E-state index in [0.29, 0.717) is 51.7 Å². The van der Waals surface area contributed by atoms with Crippen molar-refractivity contribution in [2.24, 2.45) is 0 Å². The van der Waals surface area contributed by atoms with Crippen molar-refractivity contribution in [1.82, 2.24) is 0 Å². The van der Waals surface area contributed by atoms with Crippen LogP contribution in [0.3, 0.4) is 0 Å². The highest BCUT2D eigenvalue weighted by Gasteiger charge is 2.28. The van der Waals surface area contributed by atoms with Gasteiger partial charge in [0.15, 0.2) is 29.3 Å². The van der Waals surface area contributed by atoms with E-state index in [1.54, 1.807) is 13.0 Å². The minimum atomic E-state index is -0.601. The minimum Gasteiger partial charge on any atom is -0.507 e. The number of phenolic OH excluding ortho intramolecular Hbond substituents is 5. The van der Waals surface area contributed by atoms with Crippen LogP contribution in [0.15, 0.2) is 18.2 Å². The number of fused-ring (bicyclic) bond motifs is 2. The van der Waals surface area contributed by atoms with Crippen LogP contribution in [0.1, 0.15) is 79.1 Å². The Balaban J connectivity index is 2.19. The molecule has 0 aliphatic rings. The first-order valence-electron chi connectivity index (χ1n) is 12.7. The molecule has 0 radical (unpaired) electrons. The Labute approximate surface area is 221 Å². The first-order chi connectivity index (χ1) is 17.9. The fourth-order valence-corrected chi connectivity index (χ4v) is 5.63. The van der Waals surface area contributed by atoms with E-state index >= 15 is 0 Å². The zero-order valence-corrected chi connectivity index (χ0v) is 22.7. The molecule has 0 saturated heterocycles. The van der Waals surface area contributed by atoms with Gasteiger partial charge in [0.05, 0.1) is 12.2 Å². The molecular weight excluding hydrogens is 484 g/mol. The molecule has 38 heavy (non-hydrogen) atoms. The Bertz CT molecular complexity index is 1610. The second-order valence-corrected chi connectivity index (χ2v) is 10.4. The smallest absolute Gasteiger partial charge is 0.169 e. The standard InChI is InChI=1S/C31H34O7/c1-8-38-31-21(33)11-18-17(23(31)14(4)5)9-15(6)24(27(18)34)25-16(7)10-19-22(13(2)3)30(37)28(35)20(12-32)26(19)29(25)36/h9-14,33-37H,8H2,1-7H3. The molecule has 5 N–H and O–H groups in total. The van der Waals surface area contributed by atoms with Gasteiger partial charge in [-0.25, -0.2) is 0 Å². The number of ether oxygens (including phenoxy) is 1. The zero-order chi connectivity index (χ0) is 28.2. The average Bonchev–Trinajstić information content (AvgIpc) is 2.83. The van der Waals surface area contributed by atoms with E-state index in [1.165, 1.54) is 6.07 Å². The Morgan fingerprint density at radius 2 is 1.29 bits per heavy atom. The largest absolute Gasteiger partial charge is 0.507 e. The van der Waals surface area contributed by atoms with Gasteiger partial charge >= 0.3 is 0 Å². The lowest BCUT2D eigenvalue weighted by Gasteiger charge is -2.23. The van der Waals surface area contributed by atoms with Crippen LogP contribution in [0.4, 0.5) is 0 Å². The van der Waals surface area contributed by atoms with Gasteiger partial charge < -0.3 is 30.3 Å². The molecule has 0 unspecified atom stereocenters. The predicted molar refractivity (Wildman–Crippen MR) is 149 cm³/mol. The van der Waals surface area contributed by atoms with Gasteiger partial charge in [-0.05, 0) is 60.6 Å². The molecule has 0 fully saturated rings. The molecule has 0 atom stereocenters. The molecule has 0 amide bonds. The summed E-state index contributed by atoms with van der Waals surface area (Å²) in [5.41, 5.74) is 2.80. The lowest BCUT2D eigenvalue weighted by atomic mass is 9.84. The molecule has 4 aromatic rings. The molecule has 7 heteroatoms. The number of benzene rings is 4. The van der Waals surface area contributed by atoms with E-state index in [4.69, 9.17) is 4.74 Å². The van der Waals surface area contributed by atoms with Crippen molar-refractivity contribution in [2.75, 3.05) is 6.61 Å². The molecule has 4 aromatic carbocycles. The highest BCUT2D eigenvalue weighted by molar-refractivity contribution is 6.12. The van der Waals surface area contributed by atoms with Gasteiger partial charge in [-0.3, -0.25) is 4.79 Å². The highest BCUT2D eigenvalue weighted by Crippen LogP contribution is 2.53. The molecule has 0 aromatic heterocycles. The molecule has 0 aliphatic heterocycles. The minimum absolute atomic E-state index is 0.0214. The first kappa shape index (κ1) is 26.9. The number of hydrogen-bond donors (Lipinski definition) is 5. The lowest BCUT2D eigenvalue weighted by Crippen LogP contribution is -2.02. The van der Waals surface area contributed by atoms with Crippen molar-refractivity contribution in [3.63, 3.8) is 0 Å². The fraction of sp³-hybridized carbons (Fsp3) is 0.323. The number of carbonyl (C=O) groups is 1. The summed E-state index contributed by atoms with van der Waals surface area (Å²) in [4.78, 5) is 12.0. The van der Waals surface area contributed by atoms with Gasteiger partial charge in [-0.2, -0.15) is 0 Å². The van der Waals surface area contributed by atoms with E-state index in [9.17, 15) is 30.3 Å². The summed E-state index contributed by atoms with van der Waals surface area (Å²) >= 11 is 0. The molecule has 0 spiro atoms. The molecule has 0 saturated carbocycles. The zero-order valence-electron chi connectivity index (χ0n) is 22.7. The van der Waals surface area contributed by atoms with Crippen LogP contribution < -0.4 is 4.74 Å². The van der Waals surface area contributed by atoms with Gasteiger partial charge in [0.25, 0.3) is 0 Å². The maximum Gasteiger partial charge on any atom is 0.169 e. The Hall–Kier alpha value is -4.13. The number of carbonyl (C=O) groups excluding carboxylic acids is 1. The SMILES string of the molecule is CCOc1c(O)cc2c(O)c(-c3c(C)cc4c(C(C)C)c(O)c(O)c(C=O)c4c3O)c(C)cc2c1C(C)C. The van der Waals surface area contributed by atoms with Gasteiger partial charge in [0, 0.05) is 33.0 Å². The summed E-state index contributed by atoms with van der Waals surface area (Å²) in [6.45, 7) is 13.4. The molecule has 0 bridgehead atoms. The summed E-state index contributed by atoms with van der Waals surface area (Å²) in [6, 6.07) is 5.08. The summed E-state index contributed by atoms with van der Waals surface area (Å²) in [5.74, 6) is -1.40. The van der Waals surface area contributed by atoms with Crippen LogP contribution in [0.25, 0.3) is 32.7 Å². The number of hydrogen-bond acceptors (Lipinski definition) is 7. The van der Waals surface area contributed by atoms with E-state index in [1.807, 2.05) is 47.6 Å². The van der Waals surface area contributed by atoms with Gasteiger partial charge in [-0.15, -0.1) is 0 Å². The molecule has 200 valence electrons. The second-order valence-electron chi connectivity index (χ2n) is 10.4. The van der Waals surface area contributed by atoms with E-state index in [0.717, 1.165) is 10.9 Å². The highest BCUT2D eigenvalue weighted by atomic mass is 16.5. The predicted octanol–water partition coefficient (Wildman–Crippen LogP) is 7.26. The number of phenols is 5. The Kier molecular flexibility index (Phi) is 6.82. The number of aryl methyl sites for hydroxylation is 2. The van der Waals surface area contributed by atoms with E-state index in [-0.39, 0.29) is 45.6 Å². The van der Waals surface area contributed by atoms with Crippen molar-refractivity contribution in [1.29, 1.82) is 0 Å². The van der Waals surface area contributed by atoms with Crippen molar-refractivity contribution in [2.45, 2.75) is 60.3 Å². The summed E-state index contributed by atoms with van der Waals surface area (Å²) in [6.07, 6.45) is 0.398.